The molecule has 2 aliphatic heterocycles. The third-order valence-corrected chi connectivity index (χ3v) is 18.8. The molecule has 2 saturated heterocycles. The molecule has 2 aliphatic rings. The molecule has 20 nitrogen and oxygen atoms in total. The maximum absolute atomic E-state index is 12.5. The lowest BCUT2D eigenvalue weighted by atomic mass is 10.0. The average molecular weight is 1630 g/mol. The number of pyridine rings is 4. The van der Waals surface area contributed by atoms with E-state index in [1.807, 2.05) is 172 Å². The van der Waals surface area contributed by atoms with Crippen molar-refractivity contribution in [2.24, 2.45) is 7.05 Å². The van der Waals surface area contributed by atoms with E-state index in [0.717, 1.165) is 55.0 Å². The van der Waals surface area contributed by atoms with Crippen LogP contribution in [0.1, 0.15) is 313 Å². The number of halogens is 1. The van der Waals surface area contributed by atoms with Crippen LogP contribution in [-0.2, 0) is 11.8 Å². The summed E-state index contributed by atoms with van der Waals surface area (Å²) >= 11 is 0. The van der Waals surface area contributed by atoms with Gasteiger partial charge < -0.3 is 14.2 Å². The number of imidazole rings is 1. The van der Waals surface area contributed by atoms with E-state index in [1.165, 1.54) is 76.9 Å². The Morgan fingerprint density at radius 3 is 1.25 bits per heavy atom. The molecule has 21 heteroatoms. The molecule has 1 aromatic carbocycles. The van der Waals surface area contributed by atoms with Gasteiger partial charge in [-0.25, -0.2) is 9.37 Å². The van der Waals surface area contributed by atoms with Crippen molar-refractivity contribution in [3.05, 3.63) is 264 Å². The predicted molar refractivity (Wildman–Crippen MR) is 495 cm³/mol. The Morgan fingerprint density at radius 2 is 0.932 bits per heavy atom. The van der Waals surface area contributed by atoms with E-state index in [0.29, 0.717) is 71.5 Å². The number of nitrogens with zero attached hydrogens (tertiary/aromatic N) is 17. The minimum atomic E-state index is -0.147. The van der Waals surface area contributed by atoms with Crippen molar-refractivity contribution in [1.29, 1.82) is 0 Å². The van der Waals surface area contributed by atoms with Gasteiger partial charge in [-0.3, -0.25) is 54.0 Å². The van der Waals surface area contributed by atoms with Crippen molar-refractivity contribution in [3.63, 3.8) is 0 Å². The fraction of sp³-hybridized carbons (Fsp3) is 0.546. The maximum atomic E-state index is 12.5. The highest BCUT2D eigenvalue weighted by Gasteiger charge is 2.16. The molecule has 13 rings (SSSR count). The highest BCUT2D eigenvalue weighted by atomic mass is 19.1. The van der Waals surface area contributed by atoms with Gasteiger partial charge >= 0.3 is 0 Å². The van der Waals surface area contributed by atoms with Crippen molar-refractivity contribution >= 4 is 0 Å². The number of likely N-dealkylation sites (N-methyl/N-ethyl adjacent to an activating group) is 1. The average Bonchev–Trinajstić information content (AvgIpc) is 1.08. The van der Waals surface area contributed by atoms with Gasteiger partial charge in [-0.05, 0) is 256 Å². The topological polar surface area (TPSA) is 199 Å². The molecule has 0 spiro atoms. The second-order valence-corrected chi connectivity index (χ2v) is 33.7. The number of rotatable bonds is 13. The van der Waals surface area contributed by atoms with Gasteiger partial charge in [0.05, 0.1) is 43.8 Å². The zero-order valence-corrected chi connectivity index (χ0v) is 78.9. The summed E-state index contributed by atoms with van der Waals surface area (Å²) in [6.07, 6.45) is 32.3. The highest BCUT2D eigenvalue weighted by molar-refractivity contribution is 5.21. The minimum absolute atomic E-state index is 0.147. The summed E-state index contributed by atoms with van der Waals surface area (Å²) < 4.78 is 25.5. The van der Waals surface area contributed by atoms with Crippen LogP contribution in [0, 0.1) is 33.5 Å². The summed E-state index contributed by atoms with van der Waals surface area (Å²) in [5, 5.41) is 25.5. The zero-order valence-electron chi connectivity index (χ0n) is 78.9. The first-order valence-electron chi connectivity index (χ1n) is 42.8. The van der Waals surface area contributed by atoms with Crippen LogP contribution in [0.25, 0.3) is 0 Å². The minimum Gasteiger partial charge on any atom is -0.379 e. The van der Waals surface area contributed by atoms with Gasteiger partial charge in [0.2, 0.25) is 0 Å². The molecule has 2 N–H and O–H groups in total. The smallest absolute Gasteiger partial charge is 0.123 e. The third kappa shape index (κ3) is 49.9. The summed E-state index contributed by atoms with van der Waals surface area (Å²) in [5.74, 6) is 4.44. The fourth-order valence-corrected chi connectivity index (χ4v) is 10.4. The Bertz CT molecular complexity index is 3800. The number of nitrogens with one attached hydrogen (secondary N) is 2. The largest absolute Gasteiger partial charge is 0.379 e. The lowest BCUT2D eigenvalue weighted by molar-refractivity contribution is 0.0238. The molecule has 0 bridgehead atoms. The number of aromatic nitrogens is 16. The molecule has 0 unspecified atom stereocenters. The van der Waals surface area contributed by atoms with Crippen LogP contribution in [0.2, 0.25) is 0 Å². The van der Waals surface area contributed by atoms with Crippen LogP contribution in [0.3, 0.4) is 0 Å². The van der Waals surface area contributed by atoms with Crippen molar-refractivity contribution < 1.29 is 9.13 Å². The molecule has 118 heavy (non-hydrogen) atoms. The van der Waals surface area contributed by atoms with Crippen molar-refractivity contribution in [2.75, 3.05) is 59.5 Å². The number of aromatic amines is 2. The molecule has 0 atom stereocenters. The van der Waals surface area contributed by atoms with Crippen molar-refractivity contribution in [3.8, 4) is 0 Å². The zero-order chi connectivity index (χ0) is 88.8. The van der Waals surface area contributed by atoms with Crippen LogP contribution in [0.4, 0.5) is 4.39 Å². The Kier molecular flexibility index (Phi) is 55.4. The first kappa shape index (κ1) is 107. The molecule has 0 aliphatic carbocycles. The monoisotopic (exact) mass is 1620 g/mol. The van der Waals surface area contributed by atoms with E-state index in [1.54, 1.807) is 30.7 Å². The van der Waals surface area contributed by atoms with Crippen LogP contribution >= 0.6 is 0 Å². The van der Waals surface area contributed by atoms with Crippen LogP contribution in [-0.4, -0.2) is 166 Å². The molecule has 654 valence electrons. The normalized spacial score (nSPS) is 12.5. The summed E-state index contributed by atoms with van der Waals surface area (Å²) in [6, 6.07) is 30.1. The van der Waals surface area contributed by atoms with E-state index in [9.17, 15) is 4.39 Å². The number of morpholine rings is 1. The SMILES string of the molecule is CC(C)N1CCN(C)CC1.CC(C)N1CCOCC1.CC(C)c1cccc(F)c1.CC(C)c1cccnc1.CC(C)c1ccn[nH]1.CC(C)c1ccncc1.CC(C)c1cn[nH]c1.CC(C)c1cnn(C)c1.CC(C)n1cccn1.Cc1cc(C(C)C)ccn1.Cc1ccc(C(C)C)cn1.Cc1cn(C(C)C)cn1.Cc1cnn(C(C)C)c1. The quantitative estimate of drug-likeness (QED) is 0.110. The number of ether oxygens (including phenoxy) is 1. The molecule has 12 heterocycles. The summed E-state index contributed by atoms with van der Waals surface area (Å²) in [6.45, 7) is 73.2. The van der Waals surface area contributed by atoms with E-state index >= 15 is 0 Å². The maximum Gasteiger partial charge on any atom is 0.123 e. The summed E-state index contributed by atoms with van der Waals surface area (Å²) in [5.41, 5.74) is 14.7. The van der Waals surface area contributed by atoms with Gasteiger partial charge in [-0.15, -0.1) is 0 Å². The van der Waals surface area contributed by atoms with Crippen LogP contribution in [0.15, 0.2) is 190 Å². The summed E-state index contributed by atoms with van der Waals surface area (Å²) in [4.78, 5) is 27.7. The second kappa shape index (κ2) is 61.2. The number of H-pyrrole nitrogens is 2. The lowest BCUT2D eigenvalue weighted by Gasteiger charge is -2.34. The molecule has 10 aromatic heterocycles. The van der Waals surface area contributed by atoms with Gasteiger partial charge in [0.25, 0.3) is 0 Å². The number of benzene rings is 1. The molecule has 0 radical (unpaired) electrons. The molecular formula is C97H158FN19O. The van der Waals surface area contributed by atoms with E-state index in [-0.39, 0.29) is 5.82 Å². The predicted octanol–water partition coefficient (Wildman–Crippen LogP) is 23.4. The second-order valence-electron chi connectivity index (χ2n) is 33.7. The molecule has 2 fully saturated rings. The van der Waals surface area contributed by atoms with Crippen molar-refractivity contribution in [2.45, 2.75) is 285 Å². The molecule has 0 saturated carbocycles. The van der Waals surface area contributed by atoms with Crippen LogP contribution in [0.5, 0.6) is 0 Å². The van der Waals surface area contributed by atoms with Crippen molar-refractivity contribution in [1.82, 2.24) is 93.9 Å². The molecular weight excluding hydrogens is 1470 g/mol. The number of aryl methyl sites for hydroxylation is 5. The number of piperazine rings is 1. The fourth-order valence-electron chi connectivity index (χ4n) is 10.4. The summed E-state index contributed by atoms with van der Waals surface area (Å²) in [7, 11) is 4.13. The Hall–Kier alpha value is -9.15. The van der Waals surface area contributed by atoms with Gasteiger partial charge in [0, 0.05) is 174 Å². The van der Waals surface area contributed by atoms with Gasteiger partial charge in [0.1, 0.15) is 5.82 Å². The van der Waals surface area contributed by atoms with Crippen LogP contribution < -0.4 is 0 Å². The van der Waals surface area contributed by atoms with Gasteiger partial charge in [-0.1, -0.05) is 135 Å². The first-order valence-corrected chi connectivity index (χ1v) is 42.8. The van der Waals surface area contributed by atoms with Gasteiger partial charge in [0.15, 0.2) is 0 Å². The lowest BCUT2D eigenvalue weighted by Crippen LogP contribution is -2.47. The number of hydrogen-bond donors (Lipinski definition) is 2. The third-order valence-electron chi connectivity index (χ3n) is 18.8. The Labute approximate surface area is 714 Å². The Balaban J connectivity index is 0.000000640. The van der Waals surface area contributed by atoms with Gasteiger partial charge in [-0.2, -0.15) is 25.5 Å². The molecule has 11 aromatic rings. The van der Waals surface area contributed by atoms with E-state index in [4.69, 9.17) is 4.74 Å². The number of hydrogen-bond acceptors (Lipinski definition) is 14. The molecule has 0 amide bonds. The first-order chi connectivity index (χ1) is 55.7. The highest BCUT2D eigenvalue weighted by Crippen LogP contribution is 2.18. The standard InChI is InChI=1S/C9H11F.2C9H13N.C8H18N2.2C8H11N.3C7H12N2.C7H15NO.3C6H10N2/c1-7(2)8-4-3-5-9(10)6-8;1-7(2)9-4-5-10-8(3)6-9;1-7(2)9-5-4-8(3)10-6-9;1-8(2)10-6-4-9(3)5-7-10;1-7(2)8-3-5-9-6-4-8;1-7(2)8-4-3-5-9-6-8;1-6(2)7-4-8-9(3)5-7;1-6(2)9-4-7(3)8-5-9;1-6(2)9-5-7(3)4-8-9;1-7(2)8-3-5-9-6-4-8;1-5(2)6-3-7-8-4-6;1-6(2)8-5-3-4-7-8;1-5(2)6-3-4-7-8-6/h3-7H,1-2H3;2*4-7H,1-3H3;8H,4-7H2,1-3H3;2*3-7H,1-2H3;3*4-6H,1-3H3;7H,3-6H2,1-2H3;3-5H,1-2H3,(H,7,8);3-6H,1-2H3;3-5H,1-2H3,(H,7,8). The Morgan fingerprint density at radius 1 is 0.373 bits per heavy atom. The van der Waals surface area contributed by atoms with E-state index in [2.05, 4.69) is 297 Å². The van der Waals surface area contributed by atoms with E-state index < -0.39 is 0 Å².